The first-order valence-corrected chi connectivity index (χ1v) is 7.24. The van der Waals surface area contributed by atoms with Crippen LogP contribution in [-0.4, -0.2) is 45.1 Å². The van der Waals surface area contributed by atoms with Gasteiger partial charge in [0.15, 0.2) is 0 Å². The SMILES string of the molecule is CCN(CC)c1ccc(/C=C(/C#N)C(=O)N(C)C)c(OC)c1. The number of hydrogen-bond acceptors (Lipinski definition) is 4. The molecule has 0 heterocycles. The van der Waals surface area contributed by atoms with Gasteiger partial charge in [-0.3, -0.25) is 4.79 Å². The fraction of sp³-hybridized carbons (Fsp3) is 0.412. The summed E-state index contributed by atoms with van der Waals surface area (Å²) in [6, 6.07) is 7.71. The van der Waals surface area contributed by atoms with Crippen LogP contribution in [0.5, 0.6) is 5.75 Å². The lowest BCUT2D eigenvalue weighted by Crippen LogP contribution is -2.23. The second-order valence-electron chi connectivity index (χ2n) is 4.97. The van der Waals surface area contributed by atoms with Gasteiger partial charge >= 0.3 is 0 Å². The Balaban J connectivity index is 3.26. The summed E-state index contributed by atoms with van der Waals surface area (Å²) in [7, 11) is 4.82. The molecule has 0 N–H and O–H groups in total. The molecule has 0 radical (unpaired) electrons. The fourth-order valence-corrected chi connectivity index (χ4v) is 2.14. The van der Waals surface area contributed by atoms with Crippen molar-refractivity contribution >= 4 is 17.7 Å². The second-order valence-corrected chi connectivity index (χ2v) is 4.97. The summed E-state index contributed by atoms with van der Waals surface area (Å²) in [4.78, 5) is 15.5. The van der Waals surface area contributed by atoms with Crippen LogP contribution in [0.2, 0.25) is 0 Å². The van der Waals surface area contributed by atoms with Gasteiger partial charge in [-0.2, -0.15) is 5.26 Å². The van der Waals surface area contributed by atoms with Crippen LogP contribution in [0.1, 0.15) is 19.4 Å². The van der Waals surface area contributed by atoms with E-state index < -0.39 is 0 Å². The van der Waals surface area contributed by atoms with Crippen molar-refractivity contribution in [1.82, 2.24) is 4.90 Å². The molecule has 0 unspecified atom stereocenters. The molecule has 0 saturated carbocycles. The topological polar surface area (TPSA) is 56.6 Å². The number of nitriles is 1. The third-order valence-corrected chi connectivity index (χ3v) is 3.40. The summed E-state index contributed by atoms with van der Waals surface area (Å²) in [5, 5.41) is 9.17. The number of amides is 1. The van der Waals surface area contributed by atoms with Gasteiger partial charge in [-0.25, -0.2) is 0 Å². The van der Waals surface area contributed by atoms with Crippen LogP contribution in [0.3, 0.4) is 0 Å². The van der Waals surface area contributed by atoms with Crippen molar-refractivity contribution in [2.75, 3.05) is 39.2 Å². The van der Waals surface area contributed by atoms with E-state index in [2.05, 4.69) is 18.7 Å². The summed E-state index contributed by atoms with van der Waals surface area (Å²) in [6.45, 7) is 5.98. The Labute approximate surface area is 132 Å². The smallest absolute Gasteiger partial charge is 0.264 e. The van der Waals surface area contributed by atoms with E-state index >= 15 is 0 Å². The molecule has 0 aliphatic carbocycles. The zero-order valence-electron chi connectivity index (χ0n) is 13.9. The van der Waals surface area contributed by atoms with Gasteiger partial charge < -0.3 is 14.5 Å². The molecule has 5 heteroatoms. The van der Waals surface area contributed by atoms with Gasteiger partial charge in [0.1, 0.15) is 17.4 Å². The van der Waals surface area contributed by atoms with Gasteiger partial charge in [0, 0.05) is 44.5 Å². The number of benzene rings is 1. The van der Waals surface area contributed by atoms with Crippen LogP contribution in [0.4, 0.5) is 5.69 Å². The van der Waals surface area contributed by atoms with E-state index in [9.17, 15) is 10.1 Å². The zero-order chi connectivity index (χ0) is 16.7. The molecule has 1 rings (SSSR count). The standard InChI is InChI=1S/C17H23N3O2/c1-6-20(7-2)15-9-8-13(16(11-15)22-5)10-14(12-18)17(21)19(3)4/h8-11H,6-7H2,1-5H3/b14-10-. The minimum absolute atomic E-state index is 0.0823. The minimum atomic E-state index is -0.322. The summed E-state index contributed by atoms with van der Waals surface area (Å²) >= 11 is 0. The molecule has 0 aliphatic heterocycles. The summed E-state index contributed by atoms with van der Waals surface area (Å²) < 4.78 is 5.41. The maximum Gasteiger partial charge on any atom is 0.264 e. The monoisotopic (exact) mass is 301 g/mol. The molecule has 0 bridgehead atoms. The maximum atomic E-state index is 11.9. The van der Waals surface area contributed by atoms with Crippen molar-refractivity contribution in [2.45, 2.75) is 13.8 Å². The lowest BCUT2D eigenvalue weighted by molar-refractivity contribution is -0.124. The highest BCUT2D eigenvalue weighted by Crippen LogP contribution is 2.27. The van der Waals surface area contributed by atoms with E-state index in [0.29, 0.717) is 11.3 Å². The average molecular weight is 301 g/mol. The quantitative estimate of drug-likeness (QED) is 0.598. The van der Waals surface area contributed by atoms with E-state index in [0.717, 1.165) is 18.8 Å². The Morgan fingerprint density at radius 3 is 2.41 bits per heavy atom. The summed E-state index contributed by atoms with van der Waals surface area (Å²) in [5.41, 5.74) is 1.85. The highest BCUT2D eigenvalue weighted by molar-refractivity contribution is 6.01. The molecule has 5 nitrogen and oxygen atoms in total. The number of likely N-dealkylation sites (N-methyl/N-ethyl adjacent to an activating group) is 1. The summed E-state index contributed by atoms with van der Waals surface area (Å²) in [5.74, 6) is 0.320. The van der Waals surface area contributed by atoms with Gasteiger partial charge in [-0.1, -0.05) is 0 Å². The molecule has 22 heavy (non-hydrogen) atoms. The van der Waals surface area contributed by atoms with E-state index in [-0.39, 0.29) is 11.5 Å². The third kappa shape index (κ3) is 4.01. The van der Waals surface area contributed by atoms with E-state index in [4.69, 9.17) is 4.74 Å². The van der Waals surface area contributed by atoms with Crippen molar-refractivity contribution in [3.63, 3.8) is 0 Å². The van der Waals surface area contributed by atoms with Gasteiger partial charge in [-0.05, 0) is 32.1 Å². The van der Waals surface area contributed by atoms with Crippen LogP contribution in [0, 0.1) is 11.3 Å². The maximum absolute atomic E-state index is 11.9. The molecular weight excluding hydrogens is 278 g/mol. The number of rotatable bonds is 6. The Morgan fingerprint density at radius 2 is 1.95 bits per heavy atom. The van der Waals surface area contributed by atoms with E-state index in [1.54, 1.807) is 27.3 Å². The first kappa shape index (κ1) is 17.6. The lowest BCUT2D eigenvalue weighted by atomic mass is 10.1. The molecule has 1 amide bonds. The largest absolute Gasteiger partial charge is 0.496 e. The number of hydrogen-bond donors (Lipinski definition) is 0. The zero-order valence-corrected chi connectivity index (χ0v) is 13.9. The molecule has 0 aromatic heterocycles. The number of methoxy groups -OCH3 is 1. The molecule has 1 aromatic carbocycles. The van der Waals surface area contributed by atoms with Crippen LogP contribution >= 0.6 is 0 Å². The second kappa shape index (κ2) is 8.08. The van der Waals surface area contributed by atoms with Crippen molar-refractivity contribution in [1.29, 1.82) is 5.26 Å². The molecule has 0 atom stereocenters. The fourth-order valence-electron chi connectivity index (χ4n) is 2.14. The number of nitrogens with zero attached hydrogens (tertiary/aromatic N) is 3. The van der Waals surface area contributed by atoms with Gasteiger partial charge in [0.2, 0.25) is 0 Å². The molecule has 0 saturated heterocycles. The molecule has 118 valence electrons. The van der Waals surface area contributed by atoms with Gasteiger partial charge in [0.05, 0.1) is 7.11 Å². The minimum Gasteiger partial charge on any atom is -0.496 e. The predicted octanol–water partition coefficient (Wildman–Crippen LogP) is 2.54. The number of anilines is 1. The first-order chi connectivity index (χ1) is 10.5. The highest BCUT2D eigenvalue weighted by Gasteiger charge is 2.13. The molecule has 0 aliphatic rings. The molecular formula is C17H23N3O2. The predicted molar refractivity (Wildman–Crippen MR) is 88.8 cm³/mol. The molecule has 0 fully saturated rings. The van der Waals surface area contributed by atoms with Crippen LogP contribution in [0.15, 0.2) is 23.8 Å². The van der Waals surface area contributed by atoms with Crippen LogP contribution < -0.4 is 9.64 Å². The Kier molecular flexibility index (Phi) is 6.46. The number of carbonyl (C=O) groups is 1. The lowest BCUT2D eigenvalue weighted by Gasteiger charge is -2.22. The third-order valence-electron chi connectivity index (χ3n) is 3.40. The average Bonchev–Trinajstić information content (AvgIpc) is 2.53. The van der Waals surface area contributed by atoms with Crippen molar-refractivity contribution in [2.24, 2.45) is 0 Å². The van der Waals surface area contributed by atoms with Crippen molar-refractivity contribution in [3.05, 3.63) is 29.3 Å². The Bertz CT molecular complexity index is 596. The van der Waals surface area contributed by atoms with E-state index in [1.807, 2.05) is 24.3 Å². The van der Waals surface area contributed by atoms with E-state index in [1.165, 1.54) is 4.90 Å². The molecule has 1 aromatic rings. The molecule has 0 spiro atoms. The number of carbonyl (C=O) groups excluding carboxylic acids is 1. The number of ether oxygens (including phenoxy) is 1. The first-order valence-electron chi connectivity index (χ1n) is 7.24. The van der Waals surface area contributed by atoms with Gasteiger partial charge in [-0.15, -0.1) is 0 Å². The normalized spacial score (nSPS) is 10.8. The summed E-state index contributed by atoms with van der Waals surface area (Å²) in [6.07, 6.45) is 1.56. The Morgan fingerprint density at radius 1 is 1.32 bits per heavy atom. The van der Waals surface area contributed by atoms with Crippen molar-refractivity contribution < 1.29 is 9.53 Å². The van der Waals surface area contributed by atoms with Crippen molar-refractivity contribution in [3.8, 4) is 11.8 Å². The highest BCUT2D eigenvalue weighted by atomic mass is 16.5. The van der Waals surface area contributed by atoms with Gasteiger partial charge in [0.25, 0.3) is 5.91 Å². The Hall–Kier alpha value is -2.48. The van der Waals surface area contributed by atoms with Crippen LogP contribution in [0.25, 0.3) is 6.08 Å². The van der Waals surface area contributed by atoms with Crippen LogP contribution in [-0.2, 0) is 4.79 Å².